The van der Waals surface area contributed by atoms with E-state index in [-0.39, 0.29) is 10.7 Å². The lowest BCUT2D eigenvalue weighted by Gasteiger charge is -2.08. The molecule has 3 amide bonds. The van der Waals surface area contributed by atoms with Crippen molar-refractivity contribution in [1.82, 2.24) is 4.90 Å². The summed E-state index contributed by atoms with van der Waals surface area (Å²) in [6.45, 7) is -0.493. The summed E-state index contributed by atoms with van der Waals surface area (Å²) in [5.41, 5.74) is 6.52. The first-order chi connectivity index (χ1) is 14.9. The number of azo groups is 1. The topological polar surface area (TPSA) is 125 Å². The Labute approximate surface area is 181 Å². The van der Waals surface area contributed by atoms with Crippen LogP contribution < -0.4 is 5.73 Å². The fraction of sp³-hybridized carbons (Fsp3) is 0.0455. The van der Waals surface area contributed by atoms with Crippen molar-refractivity contribution in [1.29, 1.82) is 0 Å². The Morgan fingerprint density at radius 3 is 2.65 bits per heavy atom. The first-order valence-corrected chi connectivity index (χ1v) is 10.0. The minimum atomic E-state index is -0.790. The van der Waals surface area contributed by atoms with Gasteiger partial charge in [0.1, 0.15) is 12.3 Å². The molecule has 31 heavy (non-hydrogen) atoms. The molecule has 0 aromatic heterocycles. The molecule has 9 heteroatoms. The fourth-order valence-electron chi connectivity index (χ4n) is 3.06. The lowest BCUT2D eigenvalue weighted by atomic mass is 10.1. The number of nitrogens with two attached hydrogens (primary N) is 1. The molecule has 0 atom stereocenters. The zero-order chi connectivity index (χ0) is 22.0. The van der Waals surface area contributed by atoms with Crippen LogP contribution in [0.5, 0.6) is 5.75 Å². The highest BCUT2D eigenvalue weighted by Gasteiger charge is 2.36. The molecule has 0 radical (unpaired) electrons. The van der Waals surface area contributed by atoms with E-state index in [1.54, 1.807) is 12.1 Å². The van der Waals surface area contributed by atoms with E-state index in [4.69, 9.17) is 5.73 Å². The summed E-state index contributed by atoms with van der Waals surface area (Å²) in [5, 5.41) is 20.1. The summed E-state index contributed by atoms with van der Waals surface area (Å²) in [7, 11) is 0. The van der Waals surface area contributed by atoms with Gasteiger partial charge < -0.3 is 10.8 Å². The second kappa shape index (κ2) is 8.41. The van der Waals surface area contributed by atoms with Gasteiger partial charge in [0.25, 0.3) is 11.1 Å². The predicted octanol–water partition coefficient (Wildman–Crippen LogP) is 4.48. The van der Waals surface area contributed by atoms with Gasteiger partial charge >= 0.3 is 0 Å². The molecule has 8 nitrogen and oxygen atoms in total. The Morgan fingerprint density at radius 1 is 1.06 bits per heavy atom. The number of primary amides is 1. The molecule has 3 aromatic carbocycles. The number of imide groups is 1. The maximum Gasteiger partial charge on any atom is 0.294 e. The third-order valence-corrected chi connectivity index (χ3v) is 5.43. The summed E-state index contributed by atoms with van der Waals surface area (Å²) in [4.78, 5) is 36.2. The normalized spacial score (nSPS) is 15.5. The molecule has 1 saturated heterocycles. The number of phenols is 1. The first kappa shape index (κ1) is 20.3. The molecule has 0 unspecified atom stereocenters. The van der Waals surface area contributed by atoms with Crippen LogP contribution in [0.1, 0.15) is 5.56 Å². The quantitative estimate of drug-likeness (QED) is 0.454. The van der Waals surface area contributed by atoms with Crippen LogP contribution in [0.3, 0.4) is 0 Å². The molecule has 0 saturated carbocycles. The van der Waals surface area contributed by atoms with E-state index >= 15 is 0 Å². The summed E-state index contributed by atoms with van der Waals surface area (Å²) in [5.74, 6) is -1.52. The molecule has 0 aliphatic carbocycles. The van der Waals surface area contributed by atoms with Gasteiger partial charge in [0.15, 0.2) is 0 Å². The number of hydrogen-bond donors (Lipinski definition) is 2. The molecule has 1 heterocycles. The number of benzene rings is 3. The maximum atomic E-state index is 12.4. The molecule has 1 aliphatic heterocycles. The molecular formula is C22H16N4O4S. The number of carbonyl (C=O) groups excluding carboxylic acids is 3. The molecule has 4 rings (SSSR count). The van der Waals surface area contributed by atoms with Crippen molar-refractivity contribution >= 4 is 57.0 Å². The van der Waals surface area contributed by atoms with Gasteiger partial charge in [-0.1, -0.05) is 36.4 Å². The number of thioether (sulfide) groups is 1. The molecule has 3 aromatic rings. The summed E-state index contributed by atoms with van der Waals surface area (Å²) < 4.78 is 0. The number of carbonyl (C=O) groups is 3. The van der Waals surface area contributed by atoms with Crippen molar-refractivity contribution in [2.24, 2.45) is 16.0 Å². The van der Waals surface area contributed by atoms with Gasteiger partial charge in [-0.25, -0.2) is 0 Å². The minimum Gasteiger partial charge on any atom is -0.507 e. The zero-order valence-electron chi connectivity index (χ0n) is 16.1. The van der Waals surface area contributed by atoms with Gasteiger partial charge in [-0.05, 0) is 47.5 Å². The Bertz CT molecular complexity index is 1280. The van der Waals surface area contributed by atoms with Crippen molar-refractivity contribution in [2.45, 2.75) is 0 Å². The van der Waals surface area contributed by atoms with Crippen molar-refractivity contribution < 1.29 is 19.5 Å². The van der Waals surface area contributed by atoms with Crippen LogP contribution in [-0.4, -0.2) is 33.6 Å². The third-order valence-electron chi connectivity index (χ3n) is 4.53. The number of rotatable bonds is 5. The molecule has 1 fully saturated rings. The second-order valence-electron chi connectivity index (χ2n) is 6.68. The Balaban J connectivity index is 1.63. The number of fused-ring (bicyclic) bond motifs is 1. The van der Waals surface area contributed by atoms with Crippen molar-refractivity contribution in [3.05, 3.63) is 71.1 Å². The average molecular weight is 432 g/mol. The van der Waals surface area contributed by atoms with Crippen LogP contribution in [0.2, 0.25) is 0 Å². The lowest BCUT2D eigenvalue weighted by molar-refractivity contribution is -0.127. The Morgan fingerprint density at radius 2 is 1.84 bits per heavy atom. The SMILES string of the molecule is NC(=O)CN1C(=O)S/C(=C\c2cc(N=Nc3cccc4ccccc34)ccc2O)C1=O. The van der Waals surface area contributed by atoms with E-state index in [2.05, 4.69) is 10.2 Å². The standard InChI is InChI=1S/C22H16N4O4S/c23-20(28)12-26-21(29)19(31-22(26)30)11-14-10-15(8-9-18(14)27)24-25-17-7-3-5-13-4-1-2-6-16(13)17/h1-11,27H,12H2,(H2,23,28)/b19-11-,25-24?. The molecule has 0 spiro atoms. The van der Waals surface area contributed by atoms with Crippen molar-refractivity contribution in [2.75, 3.05) is 6.54 Å². The molecular weight excluding hydrogens is 416 g/mol. The van der Waals surface area contributed by atoms with Crippen LogP contribution >= 0.6 is 11.8 Å². The summed E-state index contributed by atoms with van der Waals surface area (Å²) in [6.07, 6.45) is 1.37. The van der Waals surface area contributed by atoms with Gasteiger partial charge in [-0.3, -0.25) is 19.3 Å². The predicted molar refractivity (Wildman–Crippen MR) is 118 cm³/mol. The van der Waals surface area contributed by atoms with E-state index in [9.17, 15) is 19.5 Å². The third kappa shape index (κ3) is 4.31. The number of nitrogens with zero attached hydrogens (tertiary/aromatic N) is 3. The smallest absolute Gasteiger partial charge is 0.294 e. The zero-order valence-corrected chi connectivity index (χ0v) is 16.9. The maximum absolute atomic E-state index is 12.4. The summed E-state index contributed by atoms with van der Waals surface area (Å²) in [6, 6.07) is 18.1. The van der Waals surface area contributed by atoms with Crippen LogP contribution in [-0.2, 0) is 9.59 Å². The van der Waals surface area contributed by atoms with E-state index in [0.29, 0.717) is 28.7 Å². The Kier molecular flexibility index (Phi) is 5.50. The number of hydrogen-bond acceptors (Lipinski definition) is 7. The highest BCUT2D eigenvalue weighted by molar-refractivity contribution is 8.18. The van der Waals surface area contributed by atoms with Crippen LogP contribution in [0.15, 0.2) is 75.8 Å². The number of amides is 3. The summed E-state index contributed by atoms with van der Waals surface area (Å²) >= 11 is 0.670. The van der Waals surface area contributed by atoms with E-state index in [1.165, 1.54) is 12.1 Å². The molecule has 3 N–H and O–H groups in total. The highest BCUT2D eigenvalue weighted by Crippen LogP contribution is 2.35. The average Bonchev–Trinajstić information content (AvgIpc) is 3.01. The van der Waals surface area contributed by atoms with Crippen LogP contribution in [0, 0.1) is 0 Å². The van der Waals surface area contributed by atoms with Gasteiger partial charge in [0, 0.05) is 10.9 Å². The van der Waals surface area contributed by atoms with Crippen molar-refractivity contribution in [3.8, 4) is 5.75 Å². The second-order valence-corrected chi connectivity index (χ2v) is 7.67. The van der Waals surface area contributed by atoms with Gasteiger partial charge in [0.2, 0.25) is 5.91 Å². The van der Waals surface area contributed by atoms with E-state index in [0.717, 1.165) is 15.7 Å². The van der Waals surface area contributed by atoms with Crippen LogP contribution in [0.25, 0.3) is 16.8 Å². The Hall–Kier alpha value is -3.98. The number of phenolic OH excluding ortho intramolecular Hbond substituents is 1. The minimum absolute atomic E-state index is 0.0738. The molecule has 0 bridgehead atoms. The monoisotopic (exact) mass is 432 g/mol. The van der Waals surface area contributed by atoms with Crippen LogP contribution in [0.4, 0.5) is 16.2 Å². The number of aromatic hydroxyl groups is 1. The van der Waals surface area contributed by atoms with Gasteiger partial charge in [0.05, 0.1) is 16.3 Å². The van der Waals surface area contributed by atoms with Gasteiger partial charge in [-0.15, -0.1) is 5.11 Å². The lowest BCUT2D eigenvalue weighted by Crippen LogP contribution is -2.36. The first-order valence-electron chi connectivity index (χ1n) is 9.18. The molecule has 154 valence electrons. The van der Waals surface area contributed by atoms with E-state index < -0.39 is 23.6 Å². The van der Waals surface area contributed by atoms with Crippen molar-refractivity contribution in [3.63, 3.8) is 0 Å². The highest BCUT2D eigenvalue weighted by atomic mass is 32.2. The van der Waals surface area contributed by atoms with Gasteiger partial charge in [-0.2, -0.15) is 5.11 Å². The van der Waals surface area contributed by atoms with E-state index in [1.807, 2.05) is 42.5 Å². The molecule has 1 aliphatic rings. The largest absolute Gasteiger partial charge is 0.507 e. The fourth-order valence-corrected chi connectivity index (χ4v) is 3.89.